The van der Waals surface area contributed by atoms with Crippen LogP contribution in [0.25, 0.3) is 10.6 Å². The van der Waals surface area contributed by atoms with Gasteiger partial charge in [0.1, 0.15) is 5.75 Å². The number of hydrogen-bond donors (Lipinski definition) is 2. The van der Waals surface area contributed by atoms with Crippen molar-refractivity contribution in [2.24, 2.45) is 0 Å². The summed E-state index contributed by atoms with van der Waals surface area (Å²) >= 11 is 3.40. The molecule has 0 radical (unpaired) electrons. The third-order valence-electron chi connectivity index (χ3n) is 4.94. The highest BCUT2D eigenvalue weighted by molar-refractivity contribution is 7.16. The molecule has 6 nitrogen and oxygen atoms in total. The highest BCUT2D eigenvalue weighted by atomic mass is 32.1. The molecule has 152 valence electrons. The Balaban J connectivity index is 1.22. The Labute approximate surface area is 178 Å². The maximum Gasteiger partial charge on any atom is 0.317 e. The number of aromatic hydroxyl groups is 1. The van der Waals surface area contributed by atoms with E-state index in [1.54, 1.807) is 34.8 Å². The number of carbonyl (C=O) groups is 1. The third kappa shape index (κ3) is 4.89. The first-order valence-corrected chi connectivity index (χ1v) is 11.4. The molecule has 8 heteroatoms. The molecule has 0 saturated carbocycles. The highest BCUT2D eigenvalue weighted by Gasteiger charge is 2.21. The lowest BCUT2D eigenvalue weighted by atomic mass is 10.2. The second kappa shape index (κ2) is 8.84. The van der Waals surface area contributed by atoms with Gasteiger partial charge in [-0.15, -0.1) is 22.7 Å². The highest BCUT2D eigenvalue weighted by Crippen LogP contribution is 2.29. The zero-order chi connectivity index (χ0) is 20.2. The fourth-order valence-corrected chi connectivity index (χ4v) is 5.04. The second-order valence-corrected chi connectivity index (χ2v) is 9.22. The Morgan fingerprint density at radius 2 is 2.03 bits per heavy atom. The quantitative estimate of drug-likeness (QED) is 0.645. The van der Waals surface area contributed by atoms with E-state index in [-0.39, 0.29) is 11.8 Å². The van der Waals surface area contributed by atoms with Gasteiger partial charge in [0, 0.05) is 54.7 Å². The molecule has 3 heterocycles. The van der Waals surface area contributed by atoms with Gasteiger partial charge in [-0.3, -0.25) is 0 Å². The van der Waals surface area contributed by atoms with Crippen molar-refractivity contribution >= 4 is 34.4 Å². The average molecular weight is 429 g/mol. The molecule has 1 fully saturated rings. The van der Waals surface area contributed by atoms with Gasteiger partial charge in [-0.1, -0.05) is 6.07 Å². The molecule has 2 amide bonds. The molecule has 2 aromatic heterocycles. The predicted molar refractivity (Wildman–Crippen MR) is 119 cm³/mol. The maximum atomic E-state index is 12.5. The molecule has 1 saturated heterocycles. The van der Waals surface area contributed by atoms with Crippen LogP contribution in [0.3, 0.4) is 0 Å². The summed E-state index contributed by atoms with van der Waals surface area (Å²) in [4.78, 5) is 23.5. The first-order chi connectivity index (χ1) is 14.1. The van der Waals surface area contributed by atoms with Crippen LogP contribution in [0.15, 0.2) is 41.8 Å². The Morgan fingerprint density at radius 1 is 1.21 bits per heavy atom. The van der Waals surface area contributed by atoms with Crippen LogP contribution >= 0.6 is 22.7 Å². The Kier molecular flexibility index (Phi) is 6.01. The summed E-state index contributed by atoms with van der Waals surface area (Å²) in [5.74, 6) is 0.268. The van der Waals surface area contributed by atoms with Gasteiger partial charge < -0.3 is 20.2 Å². The van der Waals surface area contributed by atoms with Gasteiger partial charge in [0.05, 0.1) is 15.6 Å². The maximum absolute atomic E-state index is 12.5. The number of nitrogens with one attached hydrogen (secondary N) is 1. The van der Waals surface area contributed by atoms with Crippen molar-refractivity contribution in [2.75, 3.05) is 37.6 Å². The number of carbonyl (C=O) groups excluding carboxylic acids is 1. The monoisotopic (exact) mass is 428 g/mol. The summed E-state index contributed by atoms with van der Waals surface area (Å²) in [7, 11) is 0. The van der Waals surface area contributed by atoms with Crippen LogP contribution in [0.1, 0.15) is 9.88 Å². The van der Waals surface area contributed by atoms with Crippen LogP contribution in [0.5, 0.6) is 5.75 Å². The van der Waals surface area contributed by atoms with Crippen LogP contribution in [0, 0.1) is 6.92 Å². The first kappa shape index (κ1) is 19.7. The molecule has 1 aliphatic heterocycles. The van der Waals surface area contributed by atoms with E-state index in [0.29, 0.717) is 19.6 Å². The molecule has 0 bridgehead atoms. The number of aryl methyl sites for hydroxylation is 1. The van der Waals surface area contributed by atoms with Crippen LogP contribution in [-0.2, 0) is 6.42 Å². The molecular formula is C21H24N4O2S2. The lowest BCUT2D eigenvalue weighted by molar-refractivity contribution is 0.194. The fraction of sp³-hybridized carbons (Fsp3) is 0.333. The lowest BCUT2D eigenvalue weighted by Crippen LogP contribution is -2.52. The van der Waals surface area contributed by atoms with Gasteiger partial charge in [-0.25, -0.2) is 9.78 Å². The Hall–Kier alpha value is -2.58. The minimum Gasteiger partial charge on any atom is -0.508 e. The number of thiazole rings is 1. The molecule has 0 atom stereocenters. The average Bonchev–Trinajstić information content (AvgIpc) is 3.37. The van der Waals surface area contributed by atoms with E-state index >= 15 is 0 Å². The third-order valence-corrected chi connectivity index (χ3v) is 6.88. The van der Waals surface area contributed by atoms with Crippen LogP contribution in [0.2, 0.25) is 0 Å². The number of rotatable bonds is 5. The molecule has 0 unspecified atom stereocenters. The summed E-state index contributed by atoms with van der Waals surface area (Å²) in [6.07, 6.45) is 0.822. The molecule has 1 aliphatic rings. The molecule has 3 aromatic rings. The van der Waals surface area contributed by atoms with E-state index in [0.717, 1.165) is 35.9 Å². The van der Waals surface area contributed by atoms with Crippen molar-refractivity contribution in [3.05, 3.63) is 51.7 Å². The molecule has 29 heavy (non-hydrogen) atoms. The van der Waals surface area contributed by atoms with E-state index in [1.807, 2.05) is 24.0 Å². The van der Waals surface area contributed by atoms with Crippen LogP contribution in [0.4, 0.5) is 10.5 Å². The summed E-state index contributed by atoms with van der Waals surface area (Å²) in [6.45, 7) is 5.52. The number of nitrogens with zero attached hydrogens (tertiary/aromatic N) is 3. The van der Waals surface area contributed by atoms with Crippen molar-refractivity contribution in [3.63, 3.8) is 0 Å². The Bertz CT molecular complexity index is 976. The smallest absolute Gasteiger partial charge is 0.317 e. The van der Waals surface area contributed by atoms with E-state index < -0.39 is 0 Å². The van der Waals surface area contributed by atoms with Gasteiger partial charge >= 0.3 is 6.03 Å². The minimum absolute atomic E-state index is 0.00698. The van der Waals surface area contributed by atoms with E-state index in [9.17, 15) is 9.90 Å². The molecule has 1 aromatic carbocycles. The van der Waals surface area contributed by atoms with Crippen molar-refractivity contribution in [3.8, 4) is 16.3 Å². The SMILES string of the molecule is Cc1nc(-c2ccc(CCNC(=O)N3CCN(c4cccc(O)c4)CC3)s2)cs1. The summed E-state index contributed by atoms with van der Waals surface area (Å²) in [5, 5.41) is 15.8. The van der Waals surface area contributed by atoms with Crippen molar-refractivity contribution in [2.45, 2.75) is 13.3 Å². The molecular weight excluding hydrogens is 404 g/mol. The fourth-order valence-electron chi connectivity index (χ4n) is 3.39. The molecule has 2 N–H and O–H groups in total. The van der Waals surface area contributed by atoms with Gasteiger partial charge in [0.2, 0.25) is 0 Å². The van der Waals surface area contributed by atoms with Crippen molar-refractivity contribution in [1.29, 1.82) is 0 Å². The first-order valence-electron chi connectivity index (χ1n) is 9.66. The van der Waals surface area contributed by atoms with Gasteiger partial charge in [0.15, 0.2) is 0 Å². The number of urea groups is 1. The van der Waals surface area contributed by atoms with E-state index in [4.69, 9.17) is 0 Å². The van der Waals surface area contributed by atoms with Crippen LogP contribution in [-0.4, -0.2) is 53.7 Å². The second-order valence-electron chi connectivity index (χ2n) is 6.99. The van der Waals surface area contributed by atoms with Gasteiger partial charge in [-0.2, -0.15) is 0 Å². The number of piperazine rings is 1. The molecule has 0 aliphatic carbocycles. The summed E-state index contributed by atoms with van der Waals surface area (Å²) in [6, 6.07) is 11.5. The lowest BCUT2D eigenvalue weighted by Gasteiger charge is -2.36. The van der Waals surface area contributed by atoms with E-state index in [2.05, 4.69) is 32.7 Å². The number of aromatic nitrogens is 1. The summed E-state index contributed by atoms with van der Waals surface area (Å²) < 4.78 is 0. The minimum atomic E-state index is -0.00698. The van der Waals surface area contributed by atoms with Gasteiger partial charge in [-0.05, 0) is 37.6 Å². The van der Waals surface area contributed by atoms with Crippen LogP contribution < -0.4 is 10.2 Å². The molecule has 0 spiro atoms. The number of benzene rings is 1. The number of amides is 2. The number of phenols is 1. The molecule has 4 rings (SSSR count). The van der Waals surface area contributed by atoms with Crippen molar-refractivity contribution < 1.29 is 9.90 Å². The topological polar surface area (TPSA) is 68.7 Å². The standard InChI is InChI=1S/C21H24N4O2S2/c1-15-23-19(14-28-15)20-6-5-18(29-20)7-8-22-21(27)25-11-9-24(10-12-25)16-3-2-4-17(26)13-16/h2-6,13-14,26H,7-12H2,1H3,(H,22,27). The number of phenolic OH excluding ortho intramolecular Hbond substituents is 1. The number of anilines is 1. The zero-order valence-corrected chi connectivity index (χ0v) is 17.9. The number of thiophene rings is 1. The van der Waals surface area contributed by atoms with E-state index in [1.165, 1.54) is 9.75 Å². The summed E-state index contributed by atoms with van der Waals surface area (Å²) in [5.41, 5.74) is 2.03. The zero-order valence-electron chi connectivity index (χ0n) is 16.3. The number of hydrogen-bond acceptors (Lipinski definition) is 6. The normalized spacial score (nSPS) is 14.2. The predicted octanol–water partition coefficient (Wildman–Crippen LogP) is 3.96. The van der Waals surface area contributed by atoms with Gasteiger partial charge in [0.25, 0.3) is 0 Å². The Morgan fingerprint density at radius 3 is 2.76 bits per heavy atom. The van der Waals surface area contributed by atoms with Crippen molar-refractivity contribution in [1.82, 2.24) is 15.2 Å². The largest absolute Gasteiger partial charge is 0.508 e.